The minimum Gasteiger partial charge on any atom is -0.481 e. The van der Waals surface area contributed by atoms with Crippen LogP contribution in [-0.2, 0) is 4.79 Å². The van der Waals surface area contributed by atoms with Crippen LogP contribution in [0.25, 0.3) is 0 Å². The van der Waals surface area contributed by atoms with E-state index in [0.29, 0.717) is 5.69 Å². The number of carbonyl (C=O) groups is 2. The molecule has 0 saturated heterocycles. The predicted octanol–water partition coefficient (Wildman–Crippen LogP) is 2.94. The Balaban J connectivity index is 1.79. The van der Waals surface area contributed by atoms with Crippen molar-refractivity contribution in [2.75, 3.05) is 0 Å². The van der Waals surface area contributed by atoms with Crippen molar-refractivity contribution in [3.63, 3.8) is 0 Å². The van der Waals surface area contributed by atoms with E-state index in [9.17, 15) is 9.59 Å². The summed E-state index contributed by atoms with van der Waals surface area (Å²) in [6.45, 7) is 0. The summed E-state index contributed by atoms with van der Waals surface area (Å²) in [4.78, 5) is 23.8. The fourth-order valence-corrected chi connectivity index (χ4v) is 3.28. The molecular weight excluding hydrogens is 306 g/mol. The molecule has 126 valence electrons. The third kappa shape index (κ3) is 3.64. The van der Waals surface area contributed by atoms with Crippen molar-refractivity contribution in [1.82, 2.24) is 15.1 Å². The number of aliphatic carboxylic acids is 1. The maximum absolute atomic E-state index is 12.7. The molecule has 1 aromatic carbocycles. The highest BCUT2D eigenvalue weighted by atomic mass is 16.4. The second-order valence-corrected chi connectivity index (χ2v) is 6.13. The van der Waals surface area contributed by atoms with Crippen LogP contribution in [0.4, 0.5) is 0 Å². The summed E-state index contributed by atoms with van der Waals surface area (Å²) in [5.74, 6) is -1.23. The van der Waals surface area contributed by atoms with E-state index >= 15 is 0 Å². The topological polar surface area (TPSA) is 84.2 Å². The highest BCUT2D eigenvalue weighted by Crippen LogP contribution is 2.30. The highest BCUT2D eigenvalue weighted by molar-refractivity contribution is 5.93. The lowest BCUT2D eigenvalue weighted by Gasteiger charge is -2.19. The van der Waals surface area contributed by atoms with Crippen LogP contribution in [0, 0.1) is 0 Å². The molecule has 1 atom stereocenters. The Hall–Kier alpha value is -2.63. The molecule has 6 nitrogen and oxygen atoms in total. The van der Waals surface area contributed by atoms with Crippen LogP contribution in [0.3, 0.4) is 0 Å². The highest BCUT2D eigenvalue weighted by Gasteiger charge is 2.25. The molecule has 1 heterocycles. The molecule has 1 aliphatic rings. The Morgan fingerprint density at radius 1 is 1.21 bits per heavy atom. The number of carbonyl (C=O) groups excluding carboxylic acids is 1. The average Bonchev–Trinajstić information content (AvgIpc) is 3.25. The van der Waals surface area contributed by atoms with Crippen molar-refractivity contribution in [1.29, 1.82) is 0 Å². The van der Waals surface area contributed by atoms with E-state index in [2.05, 4.69) is 10.4 Å². The normalized spacial score (nSPS) is 16.0. The largest absolute Gasteiger partial charge is 0.481 e. The predicted molar refractivity (Wildman–Crippen MR) is 88.6 cm³/mol. The van der Waals surface area contributed by atoms with Gasteiger partial charge in [0.25, 0.3) is 5.91 Å². The monoisotopic (exact) mass is 327 g/mol. The van der Waals surface area contributed by atoms with Gasteiger partial charge < -0.3 is 10.4 Å². The molecule has 6 heteroatoms. The number of benzene rings is 1. The first-order valence-electron chi connectivity index (χ1n) is 8.26. The number of nitrogens with one attached hydrogen (secondary N) is 1. The first-order valence-corrected chi connectivity index (χ1v) is 8.26. The summed E-state index contributed by atoms with van der Waals surface area (Å²) in [6, 6.07) is 10.6. The summed E-state index contributed by atoms with van der Waals surface area (Å²) in [5, 5.41) is 16.3. The zero-order chi connectivity index (χ0) is 16.9. The summed E-state index contributed by atoms with van der Waals surface area (Å²) >= 11 is 0. The van der Waals surface area contributed by atoms with Crippen molar-refractivity contribution in [3.05, 3.63) is 53.9 Å². The molecule has 1 amide bonds. The Kier molecular flexibility index (Phi) is 4.93. The second-order valence-electron chi connectivity index (χ2n) is 6.13. The number of nitrogens with zero attached hydrogens (tertiary/aromatic N) is 2. The molecule has 0 radical (unpaired) electrons. The number of hydrogen-bond donors (Lipinski definition) is 2. The third-order valence-corrected chi connectivity index (χ3v) is 4.46. The van der Waals surface area contributed by atoms with E-state index < -0.39 is 12.0 Å². The van der Waals surface area contributed by atoms with Gasteiger partial charge in [-0.3, -0.25) is 14.3 Å². The van der Waals surface area contributed by atoms with Gasteiger partial charge in [0, 0.05) is 6.20 Å². The van der Waals surface area contributed by atoms with E-state index in [1.54, 1.807) is 16.9 Å². The SMILES string of the molecule is O=C(O)CC(NC(=O)c1ccnn1C1CCCC1)c1ccccc1. The Bertz CT molecular complexity index is 705. The van der Waals surface area contributed by atoms with Crippen LogP contribution in [-0.4, -0.2) is 26.8 Å². The maximum atomic E-state index is 12.7. The van der Waals surface area contributed by atoms with Crippen molar-refractivity contribution in [2.24, 2.45) is 0 Å². The van der Waals surface area contributed by atoms with Gasteiger partial charge in [0.2, 0.25) is 0 Å². The van der Waals surface area contributed by atoms with Gasteiger partial charge in [0.05, 0.1) is 18.5 Å². The number of carboxylic acids is 1. The lowest BCUT2D eigenvalue weighted by Crippen LogP contribution is -2.32. The Labute approximate surface area is 140 Å². The van der Waals surface area contributed by atoms with Crippen molar-refractivity contribution >= 4 is 11.9 Å². The lowest BCUT2D eigenvalue weighted by atomic mass is 10.0. The van der Waals surface area contributed by atoms with Crippen molar-refractivity contribution in [2.45, 2.75) is 44.2 Å². The molecule has 24 heavy (non-hydrogen) atoms. The minimum absolute atomic E-state index is 0.159. The van der Waals surface area contributed by atoms with E-state index in [1.807, 2.05) is 30.3 Å². The lowest BCUT2D eigenvalue weighted by molar-refractivity contribution is -0.137. The minimum atomic E-state index is -0.951. The quantitative estimate of drug-likeness (QED) is 0.854. The number of carboxylic acid groups (broad SMARTS) is 1. The van der Waals surface area contributed by atoms with Crippen molar-refractivity contribution < 1.29 is 14.7 Å². The van der Waals surface area contributed by atoms with Gasteiger partial charge in [-0.2, -0.15) is 5.10 Å². The Morgan fingerprint density at radius 2 is 1.92 bits per heavy atom. The number of amides is 1. The van der Waals surface area contributed by atoms with Gasteiger partial charge >= 0.3 is 5.97 Å². The van der Waals surface area contributed by atoms with E-state index in [4.69, 9.17) is 5.11 Å². The molecule has 2 N–H and O–H groups in total. The van der Waals surface area contributed by atoms with Crippen LogP contribution in [0.1, 0.15) is 60.2 Å². The molecular formula is C18H21N3O3. The number of aromatic nitrogens is 2. The molecule has 3 rings (SSSR count). The first-order chi connectivity index (χ1) is 11.6. The van der Waals surface area contributed by atoms with Gasteiger partial charge in [0.15, 0.2) is 0 Å². The van der Waals surface area contributed by atoms with Crippen LogP contribution in [0.5, 0.6) is 0 Å². The number of hydrogen-bond acceptors (Lipinski definition) is 3. The standard InChI is InChI=1S/C18H21N3O3/c22-17(23)12-15(13-6-2-1-3-7-13)20-18(24)16-10-11-19-21(16)14-8-4-5-9-14/h1-3,6-7,10-11,14-15H,4-5,8-9,12H2,(H,20,24)(H,22,23). The molecule has 0 bridgehead atoms. The van der Waals surface area contributed by atoms with Crippen LogP contribution in [0.2, 0.25) is 0 Å². The van der Waals surface area contributed by atoms with E-state index in [0.717, 1.165) is 31.2 Å². The smallest absolute Gasteiger partial charge is 0.305 e. The molecule has 1 aliphatic carbocycles. The number of rotatable bonds is 6. The van der Waals surface area contributed by atoms with Gasteiger partial charge in [-0.15, -0.1) is 0 Å². The van der Waals surface area contributed by atoms with Crippen molar-refractivity contribution in [3.8, 4) is 0 Å². The summed E-state index contributed by atoms with van der Waals surface area (Å²) < 4.78 is 1.78. The summed E-state index contributed by atoms with van der Waals surface area (Å²) in [5.41, 5.74) is 1.27. The fourth-order valence-electron chi connectivity index (χ4n) is 3.28. The molecule has 1 unspecified atom stereocenters. The molecule has 1 aromatic heterocycles. The van der Waals surface area contributed by atoms with Crippen LogP contribution < -0.4 is 5.32 Å². The van der Waals surface area contributed by atoms with Gasteiger partial charge in [-0.1, -0.05) is 43.2 Å². The van der Waals surface area contributed by atoms with Gasteiger partial charge in [0.1, 0.15) is 5.69 Å². The summed E-state index contributed by atoms with van der Waals surface area (Å²) in [6.07, 6.45) is 5.82. The van der Waals surface area contributed by atoms with Crippen LogP contribution >= 0.6 is 0 Å². The third-order valence-electron chi connectivity index (χ3n) is 4.46. The zero-order valence-corrected chi connectivity index (χ0v) is 13.4. The molecule has 0 aliphatic heterocycles. The summed E-state index contributed by atoms with van der Waals surface area (Å²) in [7, 11) is 0. The van der Waals surface area contributed by atoms with E-state index in [-0.39, 0.29) is 18.4 Å². The van der Waals surface area contributed by atoms with Gasteiger partial charge in [-0.05, 0) is 24.5 Å². The first kappa shape index (κ1) is 16.2. The second kappa shape index (κ2) is 7.29. The average molecular weight is 327 g/mol. The molecule has 2 aromatic rings. The maximum Gasteiger partial charge on any atom is 0.305 e. The fraction of sp³-hybridized carbons (Fsp3) is 0.389. The molecule has 1 saturated carbocycles. The van der Waals surface area contributed by atoms with Gasteiger partial charge in [-0.25, -0.2) is 0 Å². The molecule has 1 fully saturated rings. The van der Waals surface area contributed by atoms with Crippen LogP contribution in [0.15, 0.2) is 42.6 Å². The molecule has 0 spiro atoms. The zero-order valence-electron chi connectivity index (χ0n) is 13.4. The van der Waals surface area contributed by atoms with E-state index in [1.165, 1.54) is 0 Å². The Morgan fingerprint density at radius 3 is 2.58 bits per heavy atom.